The van der Waals surface area contributed by atoms with Crippen LogP contribution in [0, 0.1) is 0 Å². The van der Waals surface area contributed by atoms with Gasteiger partial charge < -0.3 is 10.1 Å². The Morgan fingerprint density at radius 2 is 1.35 bits per heavy atom. The van der Waals surface area contributed by atoms with Crippen molar-refractivity contribution < 1.29 is 14.3 Å². The molecule has 0 bridgehead atoms. The normalized spacial score (nSPS) is 10.5. The predicted molar refractivity (Wildman–Crippen MR) is 95.3 cm³/mol. The first kappa shape index (κ1) is 21.9. The Morgan fingerprint density at radius 3 is 1.91 bits per heavy atom. The fourth-order valence-electron chi connectivity index (χ4n) is 2.51. The van der Waals surface area contributed by atoms with Gasteiger partial charge in [-0.3, -0.25) is 9.59 Å². The van der Waals surface area contributed by atoms with Crippen molar-refractivity contribution in [3.63, 3.8) is 0 Å². The smallest absolute Gasteiger partial charge is 0.305 e. The van der Waals surface area contributed by atoms with Gasteiger partial charge in [-0.2, -0.15) is 0 Å². The van der Waals surface area contributed by atoms with Crippen LogP contribution in [0.2, 0.25) is 0 Å². The van der Waals surface area contributed by atoms with Crippen molar-refractivity contribution in [2.75, 3.05) is 13.2 Å². The summed E-state index contributed by atoms with van der Waals surface area (Å²) < 4.78 is 5.22. The highest BCUT2D eigenvalue weighted by Gasteiger charge is 2.02. The molecule has 0 aromatic carbocycles. The van der Waals surface area contributed by atoms with Gasteiger partial charge in [0.25, 0.3) is 0 Å². The molecule has 0 heterocycles. The highest BCUT2D eigenvalue weighted by molar-refractivity contribution is 5.72. The van der Waals surface area contributed by atoms with E-state index in [-0.39, 0.29) is 11.9 Å². The van der Waals surface area contributed by atoms with Gasteiger partial charge in [0.2, 0.25) is 5.91 Å². The quantitative estimate of drug-likeness (QED) is 0.328. The van der Waals surface area contributed by atoms with Crippen molar-refractivity contribution in [3.8, 4) is 0 Å². The van der Waals surface area contributed by atoms with Crippen molar-refractivity contribution in [3.05, 3.63) is 0 Å². The molecule has 0 saturated carbocycles. The van der Waals surface area contributed by atoms with Crippen LogP contribution in [-0.2, 0) is 14.3 Å². The van der Waals surface area contributed by atoms with Crippen LogP contribution in [0.5, 0.6) is 0 Å². The zero-order chi connectivity index (χ0) is 17.2. The summed E-state index contributed by atoms with van der Waals surface area (Å²) in [6, 6.07) is 0. The first-order valence-corrected chi connectivity index (χ1v) is 9.57. The fourth-order valence-corrected chi connectivity index (χ4v) is 2.51. The number of amides is 1. The minimum atomic E-state index is -0.108. The zero-order valence-corrected chi connectivity index (χ0v) is 15.3. The van der Waals surface area contributed by atoms with Crippen LogP contribution in [0.3, 0.4) is 0 Å². The summed E-state index contributed by atoms with van der Waals surface area (Å²) in [5.41, 5.74) is 0. The fraction of sp³-hybridized carbons (Fsp3) is 0.895. The third-order valence-electron chi connectivity index (χ3n) is 3.94. The predicted octanol–water partition coefficient (Wildman–Crippen LogP) is 4.76. The molecule has 0 saturated heterocycles. The largest absolute Gasteiger partial charge is 0.466 e. The van der Waals surface area contributed by atoms with Crippen molar-refractivity contribution in [2.45, 2.75) is 97.3 Å². The molecule has 1 amide bonds. The van der Waals surface area contributed by atoms with Crippen molar-refractivity contribution in [2.24, 2.45) is 0 Å². The minimum absolute atomic E-state index is 0.0199. The number of carbonyl (C=O) groups is 2. The van der Waals surface area contributed by atoms with E-state index in [1.807, 2.05) is 0 Å². The lowest BCUT2D eigenvalue weighted by Crippen LogP contribution is -2.21. The van der Waals surface area contributed by atoms with E-state index in [4.69, 9.17) is 4.74 Å². The van der Waals surface area contributed by atoms with Gasteiger partial charge in [0.05, 0.1) is 6.61 Å². The molecule has 0 fully saturated rings. The van der Waals surface area contributed by atoms with Crippen molar-refractivity contribution in [1.29, 1.82) is 0 Å². The maximum absolute atomic E-state index is 11.5. The van der Waals surface area contributed by atoms with Crippen LogP contribution >= 0.6 is 0 Å². The van der Waals surface area contributed by atoms with Gasteiger partial charge in [0.1, 0.15) is 0 Å². The molecule has 0 aliphatic rings. The minimum Gasteiger partial charge on any atom is -0.466 e. The SMILES string of the molecule is CCCCCCCCCCCCOC(=O)CCCCNC(C)=O. The number of nitrogens with one attached hydrogen (secondary N) is 1. The molecule has 0 aromatic rings. The summed E-state index contributed by atoms with van der Waals surface area (Å²) in [5, 5.41) is 2.72. The van der Waals surface area contributed by atoms with E-state index >= 15 is 0 Å². The highest BCUT2D eigenvalue weighted by Crippen LogP contribution is 2.10. The van der Waals surface area contributed by atoms with Gasteiger partial charge in [-0.15, -0.1) is 0 Å². The van der Waals surface area contributed by atoms with Crippen LogP contribution in [0.25, 0.3) is 0 Å². The van der Waals surface area contributed by atoms with E-state index in [0.29, 0.717) is 19.6 Å². The Labute approximate surface area is 142 Å². The number of esters is 1. The van der Waals surface area contributed by atoms with E-state index in [2.05, 4.69) is 12.2 Å². The van der Waals surface area contributed by atoms with E-state index in [1.54, 1.807) is 0 Å². The van der Waals surface area contributed by atoms with Crippen LogP contribution in [0.15, 0.2) is 0 Å². The van der Waals surface area contributed by atoms with E-state index in [0.717, 1.165) is 25.7 Å². The topological polar surface area (TPSA) is 55.4 Å². The van der Waals surface area contributed by atoms with Gasteiger partial charge in [0.15, 0.2) is 0 Å². The van der Waals surface area contributed by atoms with Gasteiger partial charge in [-0.1, -0.05) is 64.7 Å². The first-order chi connectivity index (χ1) is 11.2. The summed E-state index contributed by atoms with van der Waals surface area (Å²) in [4.78, 5) is 22.2. The maximum atomic E-state index is 11.5. The Balaban J connectivity index is 3.16. The second-order valence-corrected chi connectivity index (χ2v) is 6.34. The Bertz CT molecular complexity index is 292. The molecule has 0 aromatic heterocycles. The molecule has 0 aliphatic carbocycles. The summed E-state index contributed by atoms with van der Waals surface area (Å²) in [5.74, 6) is -0.128. The molecule has 23 heavy (non-hydrogen) atoms. The molecule has 4 nitrogen and oxygen atoms in total. The van der Waals surface area contributed by atoms with Crippen molar-refractivity contribution >= 4 is 11.9 Å². The molecule has 1 N–H and O–H groups in total. The van der Waals surface area contributed by atoms with Crippen LogP contribution in [0.4, 0.5) is 0 Å². The Kier molecular flexibility index (Phi) is 16.5. The molecular formula is C19H37NO3. The average Bonchev–Trinajstić information content (AvgIpc) is 2.52. The second-order valence-electron chi connectivity index (χ2n) is 6.34. The summed E-state index contributed by atoms with van der Waals surface area (Å²) >= 11 is 0. The lowest BCUT2D eigenvalue weighted by atomic mass is 10.1. The molecule has 0 radical (unpaired) electrons. The average molecular weight is 328 g/mol. The molecule has 0 rings (SSSR count). The lowest BCUT2D eigenvalue weighted by Gasteiger charge is -2.05. The number of ether oxygens (including phenoxy) is 1. The monoisotopic (exact) mass is 327 g/mol. The third kappa shape index (κ3) is 18.9. The van der Waals surface area contributed by atoms with Crippen LogP contribution in [0.1, 0.15) is 97.3 Å². The molecule has 0 spiro atoms. The zero-order valence-electron chi connectivity index (χ0n) is 15.3. The molecular weight excluding hydrogens is 290 g/mol. The number of unbranched alkanes of at least 4 members (excludes halogenated alkanes) is 10. The van der Waals surface area contributed by atoms with Crippen molar-refractivity contribution in [1.82, 2.24) is 5.32 Å². The van der Waals surface area contributed by atoms with Crippen LogP contribution in [-0.4, -0.2) is 25.0 Å². The molecule has 0 atom stereocenters. The molecule has 136 valence electrons. The number of carbonyl (C=O) groups excluding carboxylic acids is 2. The number of hydrogen-bond donors (Lipinski definition) is 1. The Morgan fingerprint density at radius 1 is 0.783 bits per heavy atom. The van der Waals surface area contributed by atoms with Gasteiger partial charge >= 0.3 is 5.97 Å². The third-order valence-corrected chi connectivity index (χ3v) is 3.94. The van der Waals surface area contributed by atoms with Gasteiger partial charge in [0, 0.05) is 19.9 Å². The van der Waals surface area contributed by atoms with Gasteiger partial charge in [-0.25, -0.2) is 0 Å². The maximum Gasteiger partial charge on any atom is 0.305 e. The molecule has 0 unspecified atom stereocenters. The van der Waals surface area contributed by atoms with Crippen LogP contribution < -0.4 is 5.32 Å². The lowest BCUT2D eigenvalue weighted by molar-refractivity contribution is -0.143. The van der Waals surface area contributed by atoms with E-state index < -0.39 is 0 Å². The standard InChI is InChI=1S/C19H37NO3/c1-3-4-5-6-7-8-9-10-11-14-17-23-19(22)15-12-13-16-20-18(2)21/h3-17H2,1-2H3,(H,20,21). The highest BCUT2D eigenvalue weighted by atomic mass is 16.5. The summed E-state index contributed by atoms with van der Waals surface area (Å²) in [6.07, 6.45) is 14.9. The first-order valence-electron chi connectivity index (χ1n) is 9.57. The second kappa shape index (κ2) is 17.3. The Hall–Kier alpha value is -1.06. The summed E-state index contributed by atoms with van der Waals surface area (Å²) in [6.45, 7) is 4.95. The number of hydrogen-bond acceptors (Lipinski definition) is 3. The summed E-state index contributed by atoms with van der Waals surface area (Å²) in [7, 11) is 0. The van der Waals surface area contributed by atoms with Gasteiger partial charge in [-0.05, 0) is 19.3 Å². The molecule has 0 aliphatic heterocycles. The van der Waals surface area contributed by atoms with E-state index in [9.17, 15) is 9.59 Å². The van der Waals surface area contributed by atoms with E-state index in [1.165, 1.54) is 58.3 Å². The number of rotatable bonds is 16. The molecule has 4 heteroatoms.